The number of nitrogens with one attached hydrogen (secondary N) is 1. The largest absolute Gasteiger partial charge is 0.332 e. The number of rotatable bonds is 4. The van der Waals surface area contributed by atoms with E-state index in [1.165, 1.54) is 29.8 Å². The zero-order valence-corrected chi connectivity index (χ0v) is 12.3. The van der Waals surface area contributed by atoms with Crippen molar-refractivity contribution < 1.29 is 0 Å². The first kappa shape index (κ1) is 12.8. The van der Waals surface area contributed by atoms with E-state index in [1.807, 2.05) is 35.3 Å². The Labute approximate surface area is 117 Å². The SMILES string of the molecule is CCNCC1CCCc2sc(-c3nccn3C)nc21. The molecule has 0 amide bonds. The number of imidazole rings is 1. The van der Waals surface area contributed by atoms with Gasteiger partial charge in [-0.1, -0.05) is 6.92 Å². The third-order valence-corrected chi connectivity index (χ3v) is 4.85. The van der Waals surface area contributed by atoms with Crippen molar-refractivity contribution in [3.63, 3.8) is 0 Å². The molecule has 1 atom stereocenters. The van der Waals surface area contributed by atoms with Gasteiger partial charge in [0.1, 0.15) is 0 Å². The maximum Gasteiger partial charge on any atom is 0.168 e. The van der Waals surface area contributed by atoms with Crippen molar-refractivity contribution in [2.75, 3.05) is 13.1 Å². The van der Waals surface area contributed by atoms with Gasteiger partial charge in [-0.05, 0) is 25.8 Å². The highest BCUT2D eigenvalue weighted by Crippen LogP contribution is 2.37. The van der Waals surface area contributed by atoms with Gasteiger partial charge in [-0.3, -0.25) is 0 Å². The lowest BCUT2D eigenvalue weighted by atomic mass is 9.91. The second kappa shape index (κ2) is 5.43. The molecular formula is C14H20N4S. The molecule has 0 saturated heterocycles. The van der Waals surface area contributed by atoms with Gasteiger partial charge in [0.05, 0.1) is 5.69 Å². The molecular weight excluding hydrogens is 256 g/mol. The smallest absolute Gasteiger partial charge is 0.168 e. The molecule has 0 aliphatic heterocycles. The highest BCUT2D eigenvalue weighted by atomic mass is 32.1. The molecule has 2 aromatic heterocycles. The first-order valence-corrected chi connectivity index (χ1v) is 7.79. The fraction of sp³-hybridized carbons (Fsp3) is 0.571. The molecule has 0 bridgehead atoms. The topological polar surface area (TPSA) is 42.7 Å². The van der Waals surface area contributed by atoms with E-state index in [9.17, 15) is 0 Å². The summed E-state index contributed by atoms with van der Waals surface area (Å²) < 4.78 is 2.05. The molecule has 0 aromatic carbocycles. The number of nitrogens with zero attached hydrogens (tertiary/aromatic N) is 3. The van der Waals surface area contributed by atoms with Gasteiger partial charge < -0.3 is 9.88 Å². The number of hydrogen-bond acceptors (Lipinski definition) is 4. The maximum atomic E-state index is 4.88. The average Bonchev–Trinajstić information content (AvgIpc) is 3.01. The van der Waals surface area contributed by atoms with E-state index in [1.54, 1.807) is 0 Å². The molecule has 19 heavy (non-hydrogen) atoms. The molecule has 2 aromatic rings. The first-order chi connectivity index (χ1) is 9.29. The van der Waals surface area contributed by atoms with E-state index in [4.69, 9.17) is 4.98 Å². The van der Waals surface area contributed by atoms with Crippen molar-refractivity contribution in [3.05, 3.63) is 23.0 Å². The van der Waals surface area contributed by atoms with E-state index < -0.39 is 0 Å². The second-order valence-corrected chi connectivity index (χ2v) is 6.17. The summed E-state index contributed by atoms with van der Waals surface area (Å²) in [5.41, 5.74) is 1.32. The van der Waals surface area contributed by atoms with Gasteiger partial charge in [-0.15, -0.1) is 11.3 Å². The number of aryl methyl sites for hydroxylation is 2. The summed E-state index contributed by atoms with van der Waals surface area (Å²) in [6.07, 6.45) is 7.53. The summed E-state index contributed by atoms with van der Waals surface area (Å²) in [6, 6.07) is 0. The van der Waals surface area contributed by atoms with Crippen LogP contribution >= 0.6 is 11.3 Å². The minimum Gasteiger partial charge on any atom is -0.332 e. The molecule has 1 unspecified atom stereocenters. The molecule has 0 spiro atoms. The molecule has 0 fully saturated rings. The minimum absolute atomic E-state index is 0.578. The number of likely N-dealkylation sites (N-methyl/N-ethyl adjacent to an activating group) is 1. The lowest BCUT2D eigenvalue weighted by Gasteiger charge is -2.21. The van der Waals surface area contributed by atoms with Crippen LogP contribution in [0.5, 0.6) is 0 Å². The second-order valence-electron chi connectivity index (χ2n) is 5.09. The van der Waals surface area contributed by atoms with Crippen LogP contribution < -0.4 is 5.32 Å². The molecule has 2 heterocycles. The summed E-state index contributed by atoms with van der Waals surface area (Å²) in [6.45, 7) is 4.24. The summed E-state index contributed by atoms with van der Waals surface area (Å²) in [5, 5.41) is 4.53. The Balaban J connectivity index is 1.91. The van der Waals surface area contributed by atoms with Gasteiger partial charge in [0.2, 0.25) is 0 Å². The molecule has 1 aliphatic rings. The van der Waals surface area contributed by atoms with Crippen molar-refractivity contribution in [2.45, 2.75) is 32.1 Å². The Kier molecular flexibility index (Phi) is 3.66. The van der Waals surface area contributed by atoms with Crippen LogP contribution in [-0.4, -0.2) is 27.6 Å². The van der Waals surface area contributed by atoms with E-state index in [2.05, 4.69) is 17.2 Å². The van der Waals surface area contributed by atoms with Gasteiger partial charge in [0.25, 0.3) is 0 Å². The van der Waals surface area contributed by atoms with Crippen LogP contribution in [0.1, 0.15) is 36.3 Å². The van der Waals surface area contributed by atoms with Crippen LogP contribution in [0.3, 0.4) is 0 Å². The van der Waals surface area contributed by atoms with Crippen molar-refractivity contribution in [1.29, 1.82) is 0 Å². The van der Waals surface area contributed by atoms with Crippen molar-refractivity contribution in [2.24, 2.45) is 7.05 Å². The summed E-state index contributed by atoms with van der Waals surface area (Å²) in [7, 11) is 2.03. The Morgan fingerprint density at radius 1 is 1.53 bits per heavy atom. The number of aromatic nitrogens is 3. The highest BCUT2D eigenvalue weighted by Gasteiger charge is 2.25. The zero-order valence-electron chi connectivity index (χ0n) is 11.5. The predicted octanol–water partition coefficient (Wildman–Crippen LogP) is 2.57. The summed E-state index contributed by atoms with van der Waals surface area (Å²) in [4.78, 5) is 10.8. The van der Waals surface area contributed by atoms with Gasteiger partial charge in [0.15, 0.2) is 10.8 Å². The average molecular weight is 276 g/mol. The number of fused-ring (bicyclic) bond motifs is 1. The number of hydrogen-bond donors (Lipinski definition) is 1. The Hall–Kier alpha value is -1.20. The number of thiazole rings is 1. The van der Waals surface area contributed by atoms with Gasteiger partial charge >= 0.3 is 0 Å². The molecule has 4 nitrogen and oxygen atoms in total. The predicted molar refractivity (Wildman–Crippen MR) is 78.5 cm³/mol. The van der Waals surface area contributed by atoms with Crippen molar-refractivity contribution >= 4 is 11.3 Å². The van der Waals surface area contributed by atoms with Crippen molar-refractivity contribution in [1.82, 2.24) is 19.9 Å². The molecule has 102 valence electrons. The van der Waals surface area contributed by atoms with E-state index in [-0.39, 0.29) is 0 Å². The monoisotopic (exact) mass is 276 g/mol. The van der Waals surface area contributed by atoms with Crippen LogP contribution in [0, 0.1) is 0 Å². The molecule has 3 rings (SSSR count). The Morgan fingerprint density at radius 2 is 2.42 bits per heavy atom. The highest BCUT2D eigenvalue weighted by molar-refractivity contribution is 7.15. The fourth-order valence-corrected chi connectivity index (χ4v) is 3.92. The first-order valence-electron chi connectivity index (χ1n) is 6.97. The normalized spacial score (nSPS) is 18.5. The van der Waals surface area contributed by atoms with Gasteiger partial charge in [0, 0.05) is 36.8 Å². The molecule has 0 radical (unpaired) electrons. The zero-order chi connectivity index (χ0) is 13.2. The van der Waals surface area contributed by atoms with E-state index in [0.717, 1.165) is 23.9 Å². The van der Waals surface area contributed by atoms with Crippen LogP contribution in [0.15, 0.2) is 12.4 Å². The molecule has 1 aliphatic carbocycles. The standard InChI is InChI=1S/C14H20N4S/c1-3-15-9-10-5-4-6-11-12(10)17-14(19-11)13-16-7-8-18(13)2/h7-8,10,15H,3-6,9H2,1-2H3. The Morgan fingerprint density at radius 3 is 3.16 bits per heavy atom. The third kappa shape index (κ3) is 2.44. The summed E-state index contributed by atoms with van der Waals surface area (Å²) in [5.74, 6) is 1.57. The Bertz CT molecular complexity index is 558. The minimum atomic E-state index is 0.578. The van der Waals surface area contributed by atoms with Crippen LogP contribution in [0.25, 0.3) is 10.8 Å². The van der Waals surface area contributed by atoms with E-state index >= 15 is 0 Å². The quantitative estimate of drug-likeness (QED) is 0.933. The van der Waals surface area contributed by atoms with Gasteiger partial charge in [-0.25, -0.2) is 9.97 Å². The molecule has 0 saturated carbocycles. The lowest BCUT2D eigenvalue weighted by Crippen LogP contribution is -2.23. The van der Waals surface area contributed by atoms with E-state index in [0.29, 0.717) is 5.92 Å². The maximum absolute atomic E-state index is 4.88. The van der Waals surface area contributed by atoms with Gasteiger partial charge in [-0.2, -0.15) is 0 Å². The third-order valence-electron chi connectivity index (χ3n) is 3.72. The summed E-state index contributed by atoms with van der Waals surface area (Å²) >= 11 is 1.82. The van der Waals surface area contributed by atoms with Crippen LogP contribution in [-0.2, 0) is 13.5 Å². The van der Waals surface area contributed by atoms with Crippen molar-refractivity contribution in [3.8, 4) is 10.8 Å². The fourth-order valence-electron chi connectivity index (χ4n) is 2.69. The lowest BCUT2D eigenvalue weighted by molar-refractivity contribution is 0.509. The molecule has 5 heteroatoms. The van der Waals surface area contributed by atoms with Crippen LogP contribution in [0.4, 0.5) is 0 Å². The van der Waals surface area contributed by atoms with Crippen LogP contribution in [0.2, 0.25) is 0 Å². The molecule has 1 N–H and O–H groups in total.